The molecule has 6 nitrogen and oxygen atoms in total. The number of hydrazine groups is 1. The molecule has 28 heavy (non-hydrogen) atoms. The minimum Gasteiger partial charge on any atom is -0.312 e. The lowest BCUT2D eigenvalue weighted by molar-refractivity contribution is -0.126. The molecule has 0 bridgehead atoms. The summed E-state index contributed by atoms with van der Waals surface area (Å²) >= 11 is 0. The summed E-state index contributed by atoms with van der Waals surface area (Å²) < 4.78 is 27.2. The first kappa shape index (κ1) is 19.5. The molecular formula is C20H19F2N3O3. The van der Waals surface area contributed by atoms with E-state index in [1.54, 1.807) is 0 Å². The molecule has 0 spiro atoms. The maximum Gasteiger partial charge on any atom is 0.275 e. The predicted molar refractivity (Wildman–Crippen MR) is 98.3 cm³/mol. The summed E-state index contributed by atoms with van der Waals surface area (Å²) in [5.74, 6) is -4.70. The normalized spacial score (nSPS) is 16.2. The maximum absolute atomic E-state index is 13.6. The third-order valence-corrected chi connectivity index (χ3v) is 4.79. The Balaban J connectivity index is 1.63. The molecule has 2 aromatic carbocycles. The highest BCUT2D eigenvalue weighted by atomic mass is 19.1. The van der Waals surface area contributed by atoms with Gasteiger partial charge in [-0.2, -0.15) is 0 Å². The van der Waals surface area contributed by atoms with Gasteiger partial charge in [-0.05, 0) is 49.2 Å². The van der Waals surface area contributed by atoms with Crippen LogP contribution in [-0.4, -0.2) is 24.3 Å². The van der Waals surface area contributed by atoms with Crippen LogP contribution in [0.5, 0.6) is 0 Å². The summed E-state index contributed by atoms with van der Waals surface area (Å²) in [5, 5.41) is 0. The molecule has 1 heterocycles. The van der Waals surface area contributed by atoms with Crippen molar-refractivity contribution in [1.82, 2.24) is 10.9 Å². The Morgan fingerprint density at radius 1 is 1.04 bits per heavy atom. The Morgan fingerprint density at radius 3 is 2.36 bits per heavy atom. The molecule has 146 valence electrons. The monoisotopic (exact) mass is 387 g/mol. The van der Waals surface area contributed by atoms with E-state index in [2.05, 4.69) is 5.43 Å². The highest BCUT2D eigenvalue weighted by Gasteiger charge is 2.35. The Kier molecular flexibility index (Phi) is 5.39. The zero-order valence-corrected chi connectivity index (χ0v) is 15.4. The first-order valence-corrected chi connectivity index (χ1v) is 8.69. The first-order valence-electron chi connectivity index (χ1n) is 8.69. The van der Waals surface area contributed by atoms with Crippen LogP contribution in [0.15, 0.2) is 36.4 Å². The van der Waals surface area contributed by atoms with Gasteiger partial charge < -0.3 is 4.90 Å². The fraction of sp³-hybridized carbons (Fsp3) is 0.250. The number of nitrogens with zero attached hydrogens (tertiary/aromatic N) is 1. The van der Waals surface area contributed by atoms with Crippen LogP contribution < -0.4 is 15.8 Å². The number of carbonyl (C=O) groups excluding carboxylic acids is 3. The number of benzene rings is 2. The third-order valence-electron chi connectivity index (χ3n) is 4.79. The van der Waals surface area contributed by atoms with Crippen molar-refractivity contribution in [3.05, 3.63) is 64.7 Å². The molecule has 0 unspecified atom stereocenters. The number of carbonyl (C=O) groups is 3. The van der Waals surface area contributed by atoms with Gasteiger partial charge in [0.15, 0.2) is 0 Å². The van der Waals surface area contributed by atoms with Crippen LogP contribution in [0.4, 0.5) is 14.5 Å². The zero-order chi connectivity index (χ0) is 20.4. The molecule has 2 aromatic rings. The lowest BCUT2D eigenvalue weighted by Gasteiger charge is -2.18. The summed E-state index contributed by atoms with van der Waals surface area (Å²) in [6.07, 6.45) is -0.0251. The zero-order valence-electron chi connectivity index (χ0n) is 15.4. The molecule has 2 N–H and O–H groups in total. The van der Waals surface area contributed by atoms with Crippen LogP contribution in [0.2, 0.25) is 0 Å². The number of aryl methyl sites for hydroxylation is 2. The van der Waals surface area contributed by atoms with E-state index < -0.39 is 34.9 Å². The molecule has 3 rings (SSSR count). The van der Waals surface area contributed by atoms with Gasteiger partial charge in [-0.3, -0.25) is 25.2 Å². The Bertz CT molecular complexity index is 941. The van der Waals surface area contributed by atoms with Crippen molar-refractivity contribution in [3.8, 4) is 0 Å². The minimum atomic E-state index is -1.11. The van der Waals surface area contributed by atoms with Gasteiger partial charge in [0.25, 0.3) is 5.91 Å². The van der Waals surface area contributed by atoms with Crippen LogP contribution in [0.25, 0.3) is 0 Å². The van der Waals surface area contributed by atoms with Crippen LogP contribution in [-0.2, 0) is 9.59 Å². The van der Waals surface area contributed by atoms with E-state index in [0.717, 1.165) is 29.3 Å². The lowest BCUT2D eigenvalue weighted by Crippen LogP contribution is -2.45. The molecule has 3 amide bonds. The second kappa shape index (κ2) is 7.75. The average Bonchev–Trinajstić information content (AvgIpc) is 3.03. The molecule has 0 radical (unpaired) electrons. The largest absolute Gasteiger partial charge is 0.312 e. The topological polar surface area (TPSA) is 78.5 Å². The number of anilines is 1. The van der Waals surface area contributed by atoms with Gasteiger partial charge in [-0.15, -0.1) is 0 Å². The van der Waals surface area contributed by atoms with Crippen LogP contribution in [0.3, 0.4) is 0 Å². The van der Waals surface area contributed by atoms with Crippen molar-refractivity contribution >= 4 is 23.4 Å². The number of rotatable bonds is 3. The molecule has 1 atom stereocenters. The van der Waals surface area contributed by atoms with E-state index in [4.69, 9.17) is 0 Å². The van der Waals surface area contributed by atoms with Crippen molar-refractivity contribution in [2.75, 3.05) is 11.4 Å². The summed E-state index contributed by atoms with van der Waals surface area (Å²) in [6, 6.07) is 8.59. The number of nitrogens with one attached hydrogen (secondary N) is 2. The summed E-state index contributed by atoms with van der Waals surface area (Å²) in [7, 11) is 0. The molecule has 0 saturated carbocycles. The van der Waals surface area contributed by atoms with Gasteiger partial charge in [0.05, 0.1) is 5.92 Å². The smallest absolute Gasteiger partial charge is 0.275 e. The molecule has 0 aromatic heterocycles. The standard InChI is InChI=1S/C20H19F2N3O3/c1-11-6-7-14(8-12(11)2)25-10-13(9-17(25)26)19(27)23-24-20(28)18-15(21)4-3-5-16(18)22/h3-8,13H,9-10H2,1-2H3,(H,23,27)(H,24,28)/t13-/m0/s1. The molecular weight excluding hydrogens is 368 g/mol. The second-order valence-electron chi connectivity index (χ2n) is 6.71. The second-order valence-corrected chi connectivity index (χ2v) is 6.71. The van der Waals surface area contributed by atoms with Gasteiger partial charge in [-0.1, -0.05) is 12.1 Å². The van der Waals surface area contributed by atoms with Crippen LogP contribution >= 0.6 is 0 Å². The van der Waals surface area contributed by atoms with Gasteiger partial charge in [-0.25, -0.2) is 8.78 Å². The first-order chi connectivity index (χ1) is 13.3. The van der Waals surface area contributed by atoms with Crippen molar-refractivity contribution in [1.29, 1.82) is 0 Å². The number of hydrogen-bond donors (Lipinski definition) is 2. The van der Waals surface area contributed by atoms with E-state index in [9.17, 15) is 23.2 Å². The molecule has 1 aliphatic rings. The Labute approximate surface area is 160 Å². The van der Waals surface area contributed by atoms with E-state index in [-0.39, 0.29) is 18.9 Å². The number of hydrogen-bond acceptors (Lipinski definition) is 3. The third kappa shape index (κ3) is 3.85. The fourth-order valence-corrected chi connectivity index (χ4v) is 3.02. The highest BCUT2D eigenvalue weighted by Crippen LogP contribution is 2.26. The highest BCUT2D eigenvalue weighted by molar-refractivity contribution is 6.01. The van der Waals surface area contributed by atoms with Crippen molar-refractivity contribution in [2.45, 2.75) is 20.3 Å². The van der Waals surface area contributed by atoms with Crippen molar-refractivity contribution in [2.24, 2.45) is 5.92 Å². The maximum atomic E-state index is 13.6. The summed E-state index contributed by atoms with van der Waals surface area (Å²) in [6.45, 7) is 4.04. The molecule has 0 aliphatic carbocycles. The summed E-state index contributed by atoms with van der Waals surface area (Å²) in [5.41, 5.74) is 6.16. The van der Waals surface area contributed by atoms with Gasteiger partial charge in [0.1, 0.15) is 17.2 Å². The molecule has 1 fully saturated rings. The van der Waals surface area contributed by atoms with Gasteiger partial charge in [0.2, 0.25) is 11.8 Å². The molecule has 8 heteroatoms. The molecule has 1 saturated heterocycles. The quantitative estimate of drug-likeness (QED) is 0.794. The predicted octanol–water partition coefficient (Wildman–Crippen LogP) is 2.40. The van der Waals surface area contributed by atoms with E-state index in [1.165, 1.54) is 4.90 Å². The van der Waals surface area contributed by atoms with Crippen molar-refractivity contribution < 1.29 is 23.2 Å². The molecule has 1 aliphatic heterocycles. The van der Waals surface area contributed by atoms with Crippen LogP contribution in [0.1, 0.15) is 27.9 Å². The Hall–Kier alpha value is -3.29. The van der Waals surface area contributed by atoms with E-state index in [0.29, 0.717) is 5.69 Å². The number of halogens is 2. The average molecular weight is 387 g/mol. The Morgan fingerprint density at radius 2 is 1.71 bits per heavy atom. The van der Waals surface area contributed by atoms with Crippen LogP contribution in [0, 0.1) is 31.4 Å². The van der Waals surface area contributed by atoms with Crippen molar-refractivity contribution in [3.63, 3.8) is 0 Å². The number of amides is 3. The SMILES string of the molecule is Cc1ccc(N2C[C@@H](C(=O)NNC(=O)c3c(F)cccc3F)CC2=O)cc1C. The van der Waals surface area contributed by atoms with Gasteiger partial charge >= 0.3 is 0 Å². The minimum absolute atomic E-state index is 0.0251. The van der Waals surface area contributed by atoms with Gasteiger partial charge in [0, 0.05) is 18.7 Å². The van der Waals surface area contributed by atoms with E-state index in [1.807, 2.05) is 37.5 Å². The summed E-state index contributed by atoms with van der Waals surface area (Å²) in [4.78, 5) is 38.0. The fourth-order valence-electron chi connectivity index (χ4n) is 3.02. The lowest BCUT2D eigenvalue weighted by atomic mass is 10.1. The van der Waals surface area contributed by atoms with E-state index >= 15 is 0 Å².